The lowest BCUT2D eigenvalue weighted by atomic mass is 10.1. The van der Waals surface area contributed by atoms with Crippen molar-refractivity contribution in [3.8, 4) is 17.2 Å². The molecule has 1 heterocycles. The molecule has 1 aromatic heterocycles. The number of hydrogen-bond acceptors (Lipinski definition) is 6. The minimum absolute atomic E-state index is 0.0875. The molecule has 0 radical (unpaired) electrons. The van der Waals surface area contributed by atoms with E-state index in [0.717, 1.165) is 22.9 Å². The van der Waals surface area contributed by atoms with E-state index in [-0.39, 0.29) is 18.0 Å². The Morgan fingerprint density at radius 1 is 0.960 bits per heavy atom. The second kappa shape index (κ2) is 8.39. The number of H-pyrrole nitrogens is 1. The van der Waals surface area contributed by atoms with E-state index in [2.05, 4.69) is 4.98 Å². The van der Waals surface area contributed by atoms with Gasteiger partial charge in [0.25, 0.3) is 0 Å². The Kier molecular flexibility index (Phi) is 6.24. The molecule has 0 bridgehead atoms. The molecule has 0 unspecified atom stereocenters. The number of nitrogens with two attached hydrogens (primary N) is 2. The molecule has 1 atom stereocenters. The Morgan fingerprint density at radius 2 is 1.72 bits per heavy atom. The lowest BCUT2D eigenvalue weighted by Crippen LogP contribution is -2.11. The van der Waals surface area contributed by atoms with E-state index in [9.17, 15) is 10.2 Å². The maximum atomic E-state index is 9.30. The number of benzene rings is 2. The number of phenols is 3. The van der Waals surface area contributed by atoms with Crippen LogP contribution in [0.5, 0.6) is 17.2 Å². The predicted octanol–water partition coefficient (Wildman–Crippen LogP) is 1.46. The molecule has 0 aliphatic carbocycles. The maximum Gasteiger partial charge on any atom is 0.157 e. The van der Waals surface area contributed by atoms with Gasteiger partial charge >= 0.3 is 0 Å². The minimum atomic E-state index is -0.795. The number of aliphatic hydroxyl groups excluding tert-OH is 1. The molecule has 0 saturated carbocycles. The summed E-state index contributed by atoms with van der Waals surface area (Å²) in [6.07, 6.45) is 1.98. The number of aromatic hydroxyl groups is 3. The van der Waals surface area contributed by atoms with Crippen molar-refractivity contribution >= 4 is 10.9 Å². The third-order valence-electron chi connectivity index (χ3n) is 3.77. The van der Waals surface area contributed by atoms with E-state index in [1.54, 1.807) is 12.1 Å². The van der Waals surface area contributed by atoms with Gasteiger partial charge in [0.05, 0.1) is 6.10 Å². The number of aromatic nitrogens is 1. The molecule has 0 amide bonds. The van der Waals surface area contributed by atoms with Crippen LogP contribution in [-0.2, 0) is 6.42 Å². The number of hydrogen-bond donors (Lipinski definition) is 7. The van der Waals surface area contributed by atoms with Crippen molar-refractivity contribution in [3.05, 3.63) is 53.7 Å². The van der Waals surface area contributed by atoms with E-state index in [1.165, 1.54) is 18.2 Å². The summed E-state index contributed by atoms with van der Waals surface area (Å²) in [7, 11) is 0. The third-order valence-corrected chi connectivity index (χ3v) is 3.77. The van der Waals surface area contributed by atoms with E-state index in [4.69, 9.17) is 21.7 Å². The number of nitrogens with one attached hydrogen (secondary N) is 1. The molecule has 3 rings (SSSR count). The van der Waals surface area contributed by atoms with Gasteiger partial charge in [-0.3, -0.25) is 0 Å². The molecule has 134 valence electrons. The first-order valence-electron chi connectivity index (χ1n) is 7.85. The van der Waals surface area contributed by atoms with Crippen molar-refractivity contribution in [3.63, 3.8) is 0 Å². The highest BCUT2D eigenvalue weighted by Crippen LogP contribution is 2.27. The van der Waals surface area contributed by atoms with Gasteiger partial charge in [0.1, 0.15) is 5.75 Å². The SMILES string of the molecule is NCCc1c[nH]c2ccc(O)cc12.NC[C@H](O)c1ccc(O)c(O)c1. The Morgan fingerprint density at radius 3 is 2.36 bits per heavy atom. The van der Waals surface area contributed by atoms with E-state index in [0.29, 0.717) is 17.9 Å². The van der Waals surface area contributed by atoms with Crippen molar-refractivity contribution in [1.29, 1.82) is 0 Å². The summed E-state index contributed by atoms with van der Waals surface area (Å²) in [6, 6.07) is 9.40. The van der Waals surface area contributed by atoms with Gasteiger partial charge in [0.15, 0.2) is 11.5 Å². The van der Waals surface area contributed by atoms with Gasteiger partial charge in [-0.2, -0.15) is 0 Å². The highest BCUT2D eigenvalue weighted by molar-refractivity contribution is 5.84. The van der Waals surface area contributed by atoms with Crippen LogP contribution in [0.25, 0.3) is 10.9 Å². The van der Waals surface area contributed by atoms with Crippen molar-refractivity contribution in [2.75, 3.05) is 13.1 Å². The summed E-state index contributed by atoms with van der Waals surface area (Å²) in [4.78, 5) is 3.13. The number of fused-ring (bicyclic) bond motifs is 1. The molecule has 7 nitrogen and oxygen atoms in total. The van der Waals surface area contributed by atoms with Crippen LogP contribution in [0.3, 0.4) is 0 Å². The summed E-state index contributed by atoms with van der Waals surface area (Å²) in [5.74, 6) is -0.159. The average molecular weight is 345 g/mol. The fourth-order valence-electron chi connectivity index (χ4n) is 2.41. The van der Waals surface area contributed by atoms with Crippen molar-refractivity contribution in [1.82, 2.24) is 4.98 Å². The number of aromatic amines is 1. The first-order chi connectivity index (χ1) is 12.0. The average Bonchev–Trinajstić information content (AvgIpc) is 3.00. The monoisotopic (exact) mass is 345 g/mol. The minimum Gasteiger partial charge on any atom is -0.508 e. The normalized spacial score (nSPS) is 11.8. The molecule has 0 aliphatic heterocycles. The van der Waals surface area contributed by atoms with E-state index >= 15 is 0 Å². The Labute approximate surface area is 145 Å². The molecule has 9 N–H and O–H groups in total. The molecule has 0 spiro atoms. The summed E-state index contributed by atoms with van der Waals surface area (Å²) in [5.41, 5.74) is 13.4. The van der Waals surface area contributed by atoms with Crippen LogP contribution in [0.15, 0.2) is 42.6 Å². The van der Waals surface area contributed by atoms with Crippen LogP contribution < -0.4 is 11.5 Å². The van der Waals surface area contributed by atoms with E-state index < -0.39 is 6.10 Å². The highest BCUT2D eigenvalue weighted by atomic mass is 16.3. The zero-order valence-corrected chi connectivity index (χ0v) is 13.7. The van der Waals surface area contributed by atoms with Gasteiger partial charge in [-0.1, -0.05) is 6.07 Å². The maximum absolute atomic E-state index is 9.30. The predicted molar refractivity (Wildman–Crippen MR) is 96.5 cm³/mol. The standard InChI is InChI=1S/C10H12N2O.C8H11NO3/c11-4-3-7-6-12-10-2-1-8(13)5-9(7)10;9-4-8(12)5-1-2-6(10)7(11)3-5/h1-2,5-6,12-13H,3-4,11H2;1-3,8,10-12H,4,9H2/t;8-/m.0/s1. The van der Waals surface area contributed by atoms with Crippen LogP contribution in [-0.4, -0.2) is 38.5 Å². The van der Waals surface area contributed by atoms with Gasteiger partial charge in [0, 0.05) is 23.6 Å². The van der Waals surface area contributed by atoms with Crippen LogP contribution in [0.1, 0.15) is 17.2 Å². The Bertz CT molecular complexity index is 832. The summed E-state index contributed by atoms with van der Waals surface area (Å²) < 4.78 is 0. The van der Waals surface area contributed by atoms with Gasteiger partial charge in [-0.25, -0.2) is 0 Å². The summed E-state index contributed by atoms with van der Waals surface area (Å²) in [6.45, 7) is 0.715. The fourth-order valence-corrected chi connectivity index (χ4v) is 2.41. The van der Waals surface area contributed by atoms with Crippen molar-refractivity contribution in [2.45, 2.75) is 12.5 Å². The molecule has 0 fully saturated rings. The molecule has 0 aliphatic rings. The highest BCUT2D eigenvalue weighted by Gasteiger charge is 2.07. The van der Waals surface area contributed by atoms with Crippen LogP contribution in [0, 0.1) is 0 Å². The lowest BCUT2D eigenvalue weighted by molar-refractivity contribution is 0.186. The fraction of sp³-hybridized carbons (Fsp3) is 0.222. The number of phenolic OH excluding ortho intramolecular Hbond substituents is 3. The van der Waals surface area contributed by atoms with Gasteiger partial charge in [0.2, 0.25) is 0 Å². The smallest absolute Gasteiger partial charge is 0.157 e. The molecule has 2 aromatic carbocycles. The van der Waals surface area contributed by atoms with Crippen molar-refractivity contribution in [2.24, 2.45) is 11.5 Å². The molecular weight excluding hydrogens is 322 g/mol. The molecule has 0 saturated heterocycles. The summed E-state index contributed by atoms with van der Waals surface area (Å²) in [5, 5.41) is 37.6. The molecule has 25 heavy (non-hydrogen) atoms. The van der Waals surface area contributed by atoms with Crippen LogP contribution in [0.2, 0.25) is 0 Å². The van der Waals surface area contributed by atoms with Gasteiger partial charge in [-0.05, 0) is 54.4 Å². The first-order valence-corrected chi connectivity index (χ1v) is 7.85. The summed E-state index contributed by atoms with van der Waals surface area (Å²) >= 11 is 0. The van der Waals surface area contributed by atoms with Gasteiger partial charge in [-0.15, -0.1) is 0 Å². The lowest BCUT2D eigenvalue weighted by Gasteiger charge is -2.08. The topological polar surface area (TPSA) is 149 Å². The van der Waals surface area contributed by atoms with Crippen LogP contribution in [0.4, 0.5) is 0 Å². The van der Waals surface area contributed by atoms with E-state index in [1.807, 2.05) is 12.3 Å². The molecule has 7 heteroatoms. The Hall–Kier alpha value is -2.74. The second-order valence-corrected chi connectivity index (χ2v) is 5.58. The Balaban J connectivity index is 0.000000181. The first kappa shape index (κ1) is 18.6. The second-order valence-electron chi connectivity index (χ2n) is 5.58. The quantitative estimate of drug-likeness (QED) is 0.356. The van der Waals surface area contributed by atoms with Crippen molar-refractivity contribution < 1.29 is 20.4 Å². The zero-order chi connectivity index (χ0) is 18.4. The molecular formula is C18H23N3O4. The third kappa shape index (κ3) is 4.63. The zero-order valence-electron chi connectivity index (χ0n) is 13.7. The number of aliphatic hydroxyl groups is 1. The number of rotatable bonds is 4. The molecule has 3 aromatic rings. The van der Waals surface area contributed by atoms with Crippen LogP contribution >= 0.6 is 0 Å². The van der Waals surface area contributed by atoms with Gasteiger partial charge < -0.3 is 36.9 Å². The largest absolute Gasteiger partial charge is 0.508 e.